The molecule has 0 bridgehead atoms. The molecule has 6 nitrogen and oxygen atoms in total. The summed E-state index contributed by atoms with van der Waals surface area (Å²) < 4.78 is 2.27. The van der Waals surface area contributed by atoms with Crippen molar-refractivity contribution in [2.75, 3.05) is 19.6 Å². The van der Waals surface area contributed by atoms with Gasteiger partial charge in [0.05, 0.1) is 10.7 Å². The van der Waals surface area contributed by atoms with E-state index in [2.05, 4.69) is 36.8 Å². The van der Waals surface area contributed by atoms with Gasteiger partial charge in [0.2, 0.25) is 0 Å². The highest BCUT2D eigenvalue weighted by Crippen LogP contribution is 2.01. The second-order valence-corrected chi connectivity index (χ2v) is 6.53. The van der Waals surface area contributed by atoms with Crippen LogP contribution in [0.5, 0.6) is 0 Å². The summed E-state index contributed by atoms with van der Waals surface area (Å²) in [6.45, 7) is 16.5. The highest BCUT2D eigenvalue weighted by Gasteiger charge is 2.08. The van der Waals surface area contributed by atoms with E-state index in [0.717, 1.165) is 67.5 Å². The fourth-order valence-corrected chi connectivity index (χ4v) is 2.82. The molecule has 0 aliphatic heterocycles. The number of nitrogens with one attached hydrogen (secondary N) is 1. The topological polar surface area (TPSA) is 70.4 Å². The summed E-state index contributed by atoms with van der Waals surface area (Å²) in [7, 11) is 0. The lowest BCUT2D eigenvalue weighted by molar-refractivity contribution is -0.124. The van der Waals surface area contributed by atoms with E-state index in [0.29, 0.717) is 0 Å². The number of imidazole rings is 1. The van der Waals surface area contributed by atoms with Crippen LogP contribution in [0.2, 0.25) is 0 Å². The second kappa shape index (κ2) is 12.3. The number of likely N-dealkylation sites (N-methyl/N-ethyl adjacent to an activating group) is 1. The fraction of sp³-hybridized carbons (Fsp3) is 0.524. The smallest absolute Gasteiger partial charge is 0.267 e. The molecule has 0 aliphatic rings. The van der Waals surface area contributed by atoms with Gasteiger partial charge in [-0.25, -0.2) is 10.5 Å². The minimum atomic E-state index is -0.549. The summed E-state index contributed by atoms with van der Waals surface area (Å²) in [5, 5.41) is 10.3. The molecule has 0 aromatic carbocycles. The Hall–Kier alpha value is -2.18. The zero-order valence-corrected chi connectivity index (χ0v) is 17.2. The molecule has 6 heteroatoms. The van der Waals surface area contributed by atoms with Gasteiger partial charge in [0.1, 0.15) is 5.82 Å². The summed E-state index contributed by atoms with van der Waals surface area (Å²) in [5.74, 6) is 0.535. The minimum Gasteiger partial charge on any atom is -0.327 e. The van der Waals surface area contributed by atoms with E-state index in [1.165, 1.54) is 6.08 Å². The molecule has 2 N–H and O–H groups in total. The number of unbranched alkanes of at least 4 members (excludes halogenated alkanes) is 1. The van der Waals surface area contributed by atoms with E-state index in [1.807, 2.05) is 19.1 Å². The lowest BCUT2D eigenvalue weighted by Crippen LogP contribution is -2.34. The molecule has 0 atom stereocenters. The zero-order chi connectivity index (χ0) is 20.2. The highest BCUT2D eigenvalue weighted by molar-refractivity contribution is 5.86. The Labute approximate surface area is 162 Å². The molecule has 1 aromatic heterocycles. The Bertz CT molecular complexity index is 758. The van der Waals surface area contributed by atoms with Crippen LogP contribution in [0.15, 0.2) is 23.8 Å². The van der Waals surface area contributed by atoms with Gasteiger partial charge in [0.15, 0.2) is 0 Å². The predicted molar refractivity (Wildman–Crippen MR) is 111 cm³/mol. The lowest BCUT2D eigenvalue weighted by atomic mass is 10.2. The number of rotatable bonds is 11. The van der Waals surface area contributed by atoms with E-state index in [1.54, 1.807) is 11.6 Å². The Morgan fingerprint density at radius 2 is 2.00 bits per heavy atom. The van der Waals surface area contributed by atoms with Crippen LogP contribution in [-0.4, -0.2) is 45.2 Å². The minimum absolute atomic E-state index is 0.549. The van der Waals surface area contributed by atoms with E-state index >= 15 is 0 Å². The molecule has 1 rings (SSSR count). The fourth-order valence-electron chi connectivity index (χ4n) is 2.82. The van der Waals surface area contributed by atoms with Gasteiger partial charge in [-0.05, 0) is 32.5 Å². The molecule has 150 valence electrons. The third-order valence-corrected chi connectivity index (χ3v) is 4.56. The van der Waals surface area contributed by atoms with Crippen LogP contribution in [0.3, 0.4) is 0 Å². The third kappa shape index (κ3) is 7.53. The standard InChI is InChI=1S/C21H34N4O2/c1-6-9-10-20-22-18(5)19(25(20)16-15-24(7-2)8-3)13-11-17(4)12-14-21(26)23-27/h11-14,27H,5-10,15-16H2,1-4H3,(H,23,26)/b14-12+,17-11+,19-13+. The zero-order valence-electron chi connectivity index (χ0n) is 17.2. The number of carbonyl (C=O) groups is 1. The molecule has 0 aliphatic carbocycles. The van der Waals surface area contributed by atoms with Crippen molar-refractivity contribution in [1.29, 1.82) is 0 Å². The molecule has 1 amide bonds. The Kier molecular flexibility index (Phi) is 10.4. The molecule has 27 heavy (non-hydrogen) atoms. The van der Waals surface area contributed by atoms with Crippen LogP contribution in [0.1, 0.15) is 46.4 Å². The Morgan fingerprint density at radius 1 is 1.30 bits per heavy atom. The van der Waals surface area contributed by atoms with Crippen molar-refractivity contribution in [3.8, 4) is 0 Å². The average Bonchev–Trinajstić information content (AvgIpc) is 2.97. The Morgan fingerprint density at radius 3 is 2.59 bits per heavy atom. The second-order valence-electron chi connectivity index (χ2n) is 6.53. The van der Waals surface area contributed by atoms with Crippen molar-refractivity contribution < 1.29 is 10.0 Å². The highest BCUT2D eigenvalue weighted by atomic mass is 16.5. The number of hydroxylamine groups is 1. The van der Waals surface area contributed by atoms with Crippen molar-refractivity contribution in [2.24, 2.45) is 0 Å². The molecular weight excluding hydrogens is 340 g/mol. The van der Waals surface area contributed by atoms with Crippen molar-refractivity contribution >= 4 is 18.6 Å². The number of hydrogen-bond donors (Lipinski definition) is 2. The van der Waals surface area contributed by atoms with E-state index < -0.39 is 5.91 Å². The molecule has 0 saturated carbocycles. The van der Waals surface area contributed by atoms with E-state index in [4.69, 9.17) is 10.2 Å². The number of aryl methyl sites for hydroxylation is 1. The SMILES string of the molecule is C=c1nc(CCCC)n(CCN(CC)CC)/c1=C/C=C(C)/C=C/C(=O)NO. The van der Waals surface area contributed by atoms with Gasteiger partial charge in [-0.1, -0.05) is 51.5 Å². The van der Waals surface area contributed by atoms with Crippen molar-refractivity contribution in [2.45, 2.75) is 53.5 Å². The van der Waals surface area contributed by atoms with Crippen LogP contribution in [0.25, 0.3) is 12.7 Å². The van der Waals surface area contributed by atoms with Crippen LogP contribution in [-0.2, 0) is 17.8 Å². The number of carbonyl (C=O) groups excluding carboxylic acids is 1. The van der Waals surface area contributed by atoms with Gasteiger partial charge in [-0.3, -0.25) is 10.0 Å². The Balaban J connectivity index is 3.19. The van der Waals surface area contributed by atoms with Crippen LogP contribution in [0.4, 0.5) is 0 Å². The number of allylic oxidation sites excluding steroid dienone is 3. The molecule has 0 saturated heterocycles. The van der Waals surface area contributed by atoms with Crippen molar-refractivity contribution in [3.63, 3.8) is 0 Å². The monoisotopic (exact) mass is 374 g/mol. The molecule has 1 heterocycles. The van der Waals surface area contributed by atoms with Gasteiger partial charge < -0.3 is 9.47 Å². The first kappa shape index (κ1) is 22.9. The molecule has 0 radical (unpaired) electrons. The predicted octanol–water partition coefficient (Wildman–Crippen LogP) is 1.77. The van der Waals surface area contributed by atoms with Gasteiger partial charge in [-0.15, -0.1) is 0 Å². The average molecular weight is 375 g/mol. The summed E-state index contributed by atoms with van der Waals surface area (Å²) in [5.41, 5.74) is 2.47. The summed E-state index contributed by atoms with van der Waals surface area (Å²) in [6, 6.07) is 0. The number of nitrogens with zero attached hydrogens (tertiary/aromatic N) is 3. The van der Waals surface area contributed by atoms with E-state index in [-0.39, 0.29) is 0 Å². The summed E-state index contributed by atoms with van der Waals surface area (Å²) >= 11 is 0. The van der Waals surface area contributed by atoms with Crippen LogP contribution >= 0.6 is 0 Å². The van der Waals surface area contributed by atoms with Crippen LogP contribution < -0.4 is 16.2 Å². The largest absolute Gasteiger partial charge is 0.327 e. The molecule has 0 spiro atoms. The van der Waals surface area contributed by atoms with Gasteiger partial charge in [0.25, 0.3) is 5.91 Å². The van der Waals surface area contributed by atoms with Gasteiger partial charge in [-0.2, -0.15) is 0 Å². The molecular formula is C21H34N4O2. The normalized spacial score (nSPS) is 13.1. The molecule has 0 fully saturated rings. The lowest BCUT2D eigenvalue weighted by Gasteiger charge is -2.19. The van der Waals surface area contributed by atoms with Gasteiger partial charge in [0, 0.05) is 25.6 Å². The maximum atomic E-state index is 11.1. The maximum Gasteiger partial charge on any atom is 0.267 e. The van der Waals surface area contributed by atoms with E-state index in [9.17, 15) is 4.79 Å². The number of amides is 1. The first-order chi connectivity index (χ1) is 13.0. The molecule has 1 aromatic rings. The summed E-state index contributed by atoms with van der Waals surface area (Å²) in [4.78, 5) is 18.2. The third-order valence-electron chi connectivity index (χ3n) is 4.56. The summed E-state index contributed by atoms with van der Waals surface area (Å²) in [6.07, 6.45) is 10.1. The first-order valence-corrected chi connectivity index (χ1v) is 9.74. The van der Waals surface area contributed by atoms with Crippen LogP contribution in [0, 0.1) is 0 Å². The van der Waals surface area contributed by atoms with Crippen molar-refractivity contribution in [3.05, 3.63) is 40.3 Å². The quantitative estimate of drug-likeness (QED) is 0.268. The molecule has 0 unspecified atom stereocenters. The first-order valence-electron chi connectivity index (χ1n) is 9.74. The maximum absolute atomic E-state index is 11.1. The number of hydrogen-bond acceptors (Lipinski definition) is 4. The number of aromatic nitrogens is 2. The van der Waals surface area contributed by atoms with Crippen molar-refractivity contribution in [1.82, 2.24) is 19.9 Å². The van der Waals surface area contributed by atoms with Gasteiger partial charge >= 0.3 is 0 Å².